The Bertz CT molecular complexity index is 956. The quantitative estimate of drug-likeness (QED) is 0.499. The van der Waals surface area contributed by atoms with E-state index < -0.39 is 6.09 Å². The average Bonchev–Trinajstić information content (AvgIpc) is 3.19. The summed E-state index contributed by atoms with van der Waals surface area (Å²) in [5.41, 5.74) is 2.75. The van der Waals surface area contributed by atoms with Gasteiger partial charge in [0, 0.05) is 43.2 Å². The van der Waals surface area contributed by atoms with Crippen LogP contribution in [-0.4, -0.2) is 44.8 Å². The Morgan fingerprint density at radius 1 is 1.06 bits per heavy atom. The molecule has 8 nitrogen and oxygen atoms in total. The van der Waals surface area contributed by atoms with E-state index in [2.05, 4.69) is 10.6 Å². The summed E-state index contributed by atoms with van der Waals surface area (Å²) in [5.74, 6) is -0.166. The Hall–Kier alpha value is -3.65. The second-order valence-electron chi connectivity index (χ2n) is 6.90. The molecule has 1 aliphatic heterocycles. The maximum absolute atomic E-state index is 12.2. The van der Waals surface area contributed by atoms with Gasteiger partial charge in [0.1, 0.15) is 6.61 Å². The van der Waals surface area contributed by atoms with Gasteiger partial charge in [0.25, 0.3) is 0 Å². The van der Waals surface area contributed by atoms with E-state index in [1.165, 1.54) is 13.2 Å². The minimum Gasteiger partial charge on any atom is -0.447 e. The maximum Gasteiger partial charge on any atom is 0.411 e. The van der Waals surface area contributed by atoms with Crippen LogP contribution in [-0.2, 0) is 19.1 Å². The van der Waals surface area contributed by atoms with Crippen LogP contribution in [0.4, 0.5) is 21.9 Å². The van der Waals surface area contributed by atoms with Gasteiger partial charge in [0.15, 0.2) is 0 Å². The summed E-state index contributed by atoms with van der Waals surface area (Å²) in [6.45, 7) is 1.21. The molecule has 8 heteroatoms. The van der Waals surface area contributed by atoms with Crippen molar-refractivity contribution < 1.29 is 23.9 Å². The zero-order valence-electron chi connectivity index (χ0n) is 17.3. The summed E-state index contributed by atoms with van der Waals surface area (Å²) in [6.07, 6.45) is 3.99. The molecule has 0 bridgehead atoms. The van der Waals surface area contributed by atoms with Crippen molar-refractivity contribution in [2.24, 2.45) is 0 Å². The van der Waals surface area contributed by atoms with Crippen LogP contribution in [0.25, 0.3) is 6.08 Å². The SMILES string of the molecule is COCCOC(=O)Nc1cccc(NC(=O)/C=C/c2ccc(N3CCCC3=O)cc2)c1. The van der Waals surface area contributed by atoms with Gasteiger partial charge in [-0.15, -0.1) is 0 Å². The number of hydrogen-bond donors (Lipinski definition) is 2. The van der Waals surface area contributed by atoms with Crippen molar-refractivity contribution in [2.75, 3.05) is 42.4 Å². The first-order valence-corrected chi connectivity index (χ1v) is 9.97. The zero-order chi connectivity index (χ0) is 22.1. The van der Waals surface area contributed by atoms with E-state index >= 15 is 0 Å². The molecule has 2 aromatic rings. The van der Waals surface area contributed by atoms with E-state index in [-0.39, 0.29) is 18.4 Å². The molecule has 3 amide bonds. The Morgan fingerprint density at radius 2 is 1.81 bits per heavy atom. The van der Waals surface area contributed by atoms with E-state index in [0.717, 1.165) is 24.2 Å². The number of benzene rings is 2. The normalized spacial score (nSPS) is 13.5. The first-order valence-electron chi connectivity index (χ1n) is 9.97. The van der Waals surface area contributed by atoms with Crippen molar-refractivity contribution in [3.63, 3.8) is 0 Å². The summed E-state index contributed by atoms with van der Waals surface area (Å²) in [6, 6.07) is 14.2. The molecule has 0 saturated carbocycles. The summed E-state index contributed by atoms with van der Waals surface area (Å²) in [7, 11) is 1.52. The second-order valence-corrected chi connectivity index (χ2v) is 6.90. The molecular formula is C23H25N3O5. The van der Waals surface area contributed by atoms with Gasteiger partial charge in [0.2, 0.25) is 11.8 Å². The number of rotatable bonds is 8. The van der Waals surface area contributed by atoms with Crippen LogP contribution >= 0.6 is 0 Å². The molecule has 1 saturated heterocycles. The van der Waals surface area contributed by atoms with Crippen LogP contribution in [0, 0.1) is 0 Å². The molecule has 3 rings (SSSR count). The number of ether oxygens (including phenoxy) is 2. The van der Waals surface area contributed by atoms with E-state index in [1.54, 1.807) is 35.2 Å². The maximum atomic E-state index is 12.2. The number of anilines is 3. The van der Waals surface area contributed by atoms with Crippen molar-refractivity contribution in [1.29, 1.82) is 0 Å². The van der Waals surface area contributed by atoms with Crippen molar-refractivity contribution in [1.82, 2.24) is 0 Å². The number of methoxy groups -OCH3 is 1. The van der Waals surface area contributed by atoms with Crippen molar-refractivity contribution >= 4 is 41.0 Å². The molecule has 0 spiro atoms. The van der Waals surface area contributed by atoms with Gasteiger partial charge in [0.05, 0.1) is 6.61 Å². The summed E-state index contributed by atoms with van der Waals surface area (Å²) in [4.78, 5) is 37.5. The Balaban J connectivity index is 1.52. The van der Waals surface area contributed by atoms with Gasteiger partial charge in [-0.05, 0) is 48.4 Å². The van der Waals surface area contributed by atoms with Gasteiger partial charge in [-0.2, -0.15) is 0 Å². The van der Waals surface area contributed by atoms with Crippen LogP contribution in [0.3, 0.4) is 0 Å². The summed E-state index contributed by atoms with van der Waals surface area (Å²) in [5, 5.41) is 5.34. The Kier molecular flexibility index (Phi) is 7.78. The highest BCUT2D eigenvalue weighted by atomic mass is 16.6. The Morgan fingerprint density at radius 3 is 2.48 bits per heavy atom. The number of nitrogens with one attached hydrogen (secondary N) is 2. The average molecular weight is 423 g/mol. The topological polar surface area (TPSA) is 97.0 Å². The first-order chi connectivity index (χ1) is 15.0. The third-order valence-corrected chi connectivity index (χ3v) is 4.60. The first kappa shape index (κ1) is 22.0. The standard InChI is InChI=1S/C23H25N3O5/c1-30-14-15-31-23(29)25-19-5-2-4-18(16-19)24-21(27)12-9-17-7-10-20(11-8-17)26-13-3-6-22(26)28/h2,4-5,7-12,16H,3,6,13-15H2,1H3,(H,24,27)(H,25,29)/b12-9+. The molecule has 1 fully saturated rings. The van der Waals surface area contributed by atoms with Gasteiger partial charge in [-0.1, -0.05) is 18.2 Å². The minimum absolute atomic E-state index is 0.141. The molecule has 0 aromatic heterocycles. The molecule has 2 N–H and O–H groups in total. The van der Waals surface area contributed by atoms with E-state index in [4.69, 9.17) is 9.47 Å². The molecular weight excluding hydrogens is 398 g/mol. The fourth-order valence-corrected chi connectivity index (χ4v) is 3.09. The van der Waals surface area contributed by atoms with Crippen LogP contribution < -0.4 is 15.5 Å². The van der Waals surface area contributed by atoms with E-state index in [0.29, 0.717) is 24.4 Å². The fraction of sp³-hybridized carbons (Fsp3) is 0.261. The molecule has 0 aliphatic carbocycles. The van der Waals surface area contributed by atoms with E-state index in [1.807, 2.05) is 24.3 Å². The molecule has 0 unspecified atom stereocenters. The van der Waals surface area contributed by atoms with Crippen molar-refractivity contribution in [2.45, 2.75) is 12.8 Å². The zero-order valence-corrected chi connectivity index (χ0v) is 17.3. The molecule has 1 aliphatic rings. The van der Waals surface area contributed by atoms with Gasteiger partial charge in [-0.25, -0.2) is 4.79 Å². The third kappa shape index (κ3) is 6.68. The molecule has 0 radical (unpaired) electrons. The molecule has 31 heavy (non-hydrogen) atoms. The molecule has 162 valence electrons. The van der Waals surface area contributed by atoms with Crippen molar-refractivity contribution in [3.8, 4) is 0 Å². The van der Waals surface area contributed by atoms with Crippen LogP contribution in [0.2, 0.25) is 0 Å². The Labute approximate surface area is 180 Å². The minimum atomic E-state index is -0.598. The predicted octanol–water partition coefficient (Wildman–Crippen LogP) is 3.66. The van der Waals surface area contributed by atoms with Crippen LogP contribution in [0.5, 0.6) is 0 Å². The number of hydrogen-bond acceptors (Lipinski definition) is 5. The molecule has 1 heterocycles. The lowest BCUT2D eigenvalue weighted by molar-refractivity contribution is -0.117. The highest BCUT2D eigenvalue weighted by Crippen LogP contribution is 2.22. The third-order valence-electron chi connectivity index (χ3n) is 4.60. The highest BCUT2D eigenvalue weighted by molar-refractivity contribution is 6.02. The number of nitrogens with zero attached hydrogens (tertiary/aromatic N) is 1. The van der Waals surface area contributed by atoms with Gasteiger partial charge >= 0.3 is 6.09 Å². The number of carbonyl (C=O) groups excluding carboxylic acids is 3. The molecule has 2 aromatic carbocycles. The van der Waals surface area contributed by atoms with E-state index in [9.17, 15) is 14.4 Å². The fourth-order valence-electron chi connectivity index (χ4n) is 3.09. The lowest BCUT2D eigenvalue weighted by atomic mass is 10.2. The predicted molar refractivity (Wildman–Crippen MR) is 119 cm³/mol. The summed E-state index contributed by atoms with van der Waals surface area (Å²) >= 11 is 0. The lowest BCUT2D eigenvalue weighted by Gasteiger charge is -2.15. The summed E-state index contributed by atoms with van der Waals surface area (Å²) < 4.78 is 9.77. The highest BCUT2D eigenvalue weighted by Gasteiger charge is 2.21. The monoisotopic (exact) mass is 423 g/mol. The number of amides is 3. The number of carbonyl (C=O) groups is 3. The largest absolute Gasteiger partial charge is 0.447 e. The van der Waals surface area contributed by atoms with Crippen LogP contribution in [0.15, 0.2) is 54.6 Å². The van der Waals surface area contributed by atoms with Gasteiger partial charge < -0.3 is 19.7 Å². The lowest BCUT2D eigenvalue weighted by Crippen LogP contribution is -2.23. The van der Waals surface area contributed by atoms with Gasteiger partial charge in [-0.3, -0.25) is 14.9 Å². The smallest absolute Gasteiger partial charge is 0.411 e. The molecule has 0 atom stereocenters. The second kappa shape index (κ2) is 10.9. The van der Waals surface area contributed by atoms with Crippen molar-refractivity contribution in [3.05, 3.63) is 60.2 Å². The van der Waals surface area contributed by atoms with Crippen LogP contribution in [0.1, 0.15) is 18.4 Å².